The second-order valence-electron chi connectivity index (χ2n) is 3.30. The van der Waals surface area contributed by atoms with E-state index < -0.39 is 0 Å². The smallest absolute Gasteiger partial charge is 0.304 e. The Balaban J connectivity index is 2.03. The summed E-state index contributed by atoms with van der Waals surface area (Å²) in [7, 11) is 0. The Kier molecular flexibility index (Phi) is 3.20. The summed E-state index contributed by atoms with van der Waals surface area (Å²) >= 11 is 1.04. The van der Waals surface area contributed by atoms with Gasteiger partial charge in [-0.2, -0.15) is 0 Å². The number of thiazole rings is 1. The fourth-order valence-electron chi connectivity index (χ4n) is 1.26. The van der Waals surface area contributed by atoms with Gasteiger partial charge in [0.25, 0.3) is 5.91 Å². The van der Waals surface area contributed by atoms with E-state index in [2.05, 4.69) is 15.3 Å². The molecule has 2 aromatic rings. The summed E-state index contributed by atoms with van der Waals surface area (Å²) in [4.78, 5) is 38.3. The van der Waals surface area contributed by atoms with E-state index in [0.29, 0.717) is 5.69 Å². The fourth-order valence-corrected chi connectivity index (χ4v) is 1.85. The zero-order valence-electron chi connectivity index (χ0n) is 8.65. The fraction of sp³-hybridized carbons (Fsp3) is 0.100. The number of H-pyrrole nitrogens is 2. The highest BCUT2D eigenvalue weighted by Gasteiger charge is 2.06. The van der Waals surface area contributed by atoms with Crippen molar-refractivity contribution in [3.8, 4) is 0 Å². The summed E-state index contributed by atoms with van der Waals surface area (Å²) in [5, 5.41) is 4.24. The van der Waals surface area contributed by atoms with Gasteiger partial charge >= 0.3 is 4.87 Å². The Bertz CT molecular complexity index is 640. The number of pyridine rings is 1. The molecule has 0 bridgehead atoms. The van der Waals surface area contributed by atoms with Gasteiger partial charge in [-0.3, -0.25) is 14.4 Å². The van der Waals surface area contributed by atoms with Crippen LogP contribution < -0.4 is 15.7 Å². The minimum Gasteiger partial charge on any atom is -0.346 e. The molecule has 7 heteroatoms. The molecule has 1 amide bonds. The van der Waals surface area contributed by atoms with Crippen LogP contribution in [0.5, 0.6) is 0 Å². The molecule has 2 aromatic heterocycles. The van der Waals surface area contributed by atoms with E-state index in [9.17, 15) is 14.4 Å². The van der Waals surface area contributed by atoms with E-state index in [0.717, 1.165) is 11.3 Å². The predicted molar refractivity (Wildman–Crippen MR) is 63.2 cm³/mol. The van der Waals surface area contributed by atoms with E-state index in [-0.39, 0.29) is 28.4 Å². The Labute approximate surface area is 99.3 Å². The molecule has 2 rings (SSSR count). The molecule has 3 N–H and O–H groups in total. The number of carbonyl (C=O) groups excluding carboxylic acids is 1. The number of rotatable bonds is 3. The van der Waals surface area contributed by atoms with Crippen molar-refractivity contribution < 1.29 is 4.79 Å². The lowest BCUT2D eigenvalue weighted by Gasteiger charge is -2.02. The number of hydrogen-bond acceptors (Lipinski definition) is 4. The zero-order valence-corrected chi connectivity index (χ0v) is 9.47. The lowest BCUT2D eigenvalue weighted by atomic mass is 10.2. The summed E-state index contributed by atoms with van der Waals surface area (Å²) in [6.45, 7) is 0.227. The molecular weight excluding hydrogens is 242 g/mol. The van der Waals surface area contributed by atoms with Crippen molar-refractivity contribution in [1.82, 2.24) is 15.3 Å². The van der Waals surface area contributed by atoms with Crippen molar-refractivity contribution in [3.63, 3.8) is 0 Å². The van der Waals surface area contributed by atoms with E-state index in [1.165, 1.54) is 18.3 Å². The Hall–Kier alpha value is -2.15. The van der Waals surface area contributed by atoms with Gasteiger partial charge < -0.3 is 15.3 Å². The van der Waals surface area contributed by atoms with Gasteiger partial charge in [0.05, 0.1) is 6.54 Å². The van der Waals surface area contributed by atoms with Gasteiger partial charge in [-0.15, -0.1) is 0 Å². The van der Waals surface area contributed by atoms with Crippen LogP contribution in [0.25, 0.3) is 0 Å². The molecule has 0 aromatic carbocycles. The normalized spacial score (nSPS) is 10.1. The minimum atomic E-state index is -0.358. The topological polar surface area (TPSA) is 94.8 Å². The third kappa shape index (κ3) is 2.91. The number of carbonyl (C=O) groups is 1. The quantitative estimate of drug-likeness (QED) is 0.719. The van der Waals surface area contributed by atoms with Crippen LogP contribution in [-0.2, 0) is 6.54 Å². The maximum absolute atomic E-state index is 11.6. The monoisotopic (exact) mass is 251 g/mol. The molecule has 0 radical (unpaired) electrons. The average molecular weight is 251 g/mol. The average Bonchev–Trinajstić information content (AvgIpc) is 2.72. The number of hydrogen-bond donors (Lipinski definition) is 3. The summed E-state index contributed by atoms with van der Waals surface area (Å²) in [5.74, 6) is -0.358. The molecule has 0 aliphatic carbocycles. The van der Waals surface area contributed by atoms with Gasteiger partial charge in [-0.05, 0) is 6.07 Å². The van der Waals surface area contributed by atoms with Crippen LogP contribution in [0.4, 0.5) is 0 Å². The van der Waals surface area contributed by atoms with Crippen molar-refractivity contribution in [2.24, 2.45) is 0 Å². The van der Waals surface area contributed by atoms with Crippen molar-refractivity contribution in [2.45, 2.75) is 6.54 Å². The van der Waals surface area contributed by atoms with E-state index in [4.69, 9.17) is 0 Å². The summed E-state index contributed by atoms with van der Waals surface area (Å²) in [5.41, 5.74) is 0.589. The number of aromatic amines is 2. The first-order valence-electron chi connectivity index (χ1n) is 4.79. The van der Waals surface area contributed by atoms with Gasteiger partial charge in [0, 0.05) is 28.9 Å². The van der Waals surface area contributed by atoms with Crippen LogP contribution in [0.15, 0.2) is 33.3 Å². The van der Waals surface area contributed by atoms with Crippen LogP contribution in [0.3, 0.4) is 0 Å². The highest BCUT2D eigenvalue weighted by atomic mass is 32.1. The molecule has 0 aliphatic rings. The molecule has 88 valence electrons. The number of aromatic nitrogens is 2. The second kappa shape index (κ2) is 4.79. The highest BCUT2D eigenvalue weighted by Crippen LogP contribution is 1.97. The molecule has 0 spiro atoms. The molecule has 0 aliphatic heterocycles. The van der Waals surface area contributed by atoms with Crippen molar-refractivity contribution >= 4 is 17.2 Å². The van der Waals surface area contributed by atoms with Crippen molar-refractivity contribution in [1.29, 1.82) is 0 Å². The molecule has 0 saturated carbocycles. The van der Waals surface area contributed by atoms with E-state index in [1.54, 1.807) is 5.38 Å². The number of amides is 1. The van der Waals surface area contributed by atoms with Gasteiger partial charge in [-0.1, -0.05) is 11.3 Å². The summed E-state index contributed by atoms with van der Waals surface area (Å²) in [6, 6.07) is 2.72. The van der Waals surface area contributed by atoms with Gasteiger partial charge in [-0.25, -0.2) is 0 Å². The molecule has 6 nitrogen and oxygen atoms in total. The first-order chi connectivity index (χ1) is 8.15. The molecule has 2 heterocycles. The highest BCUT2D eigenvalue weighted by molar-refractivity contribution is 7.07. The van der Waals surface area contributed by atoms with E-state index >= 15 is 0 Å². The van der Waals surface area contributed by atoms with Gasteiger partial charge in [0.2, 0.25) is 5.56 Å². The SMILES string of the molecule is O=C(NCc1csc(=O)[nH]1)c1cc[nH]c(=O)c1. The zero-order chi connectivity index (χ0) is 12.3. The Morgan fingerprint density at radius 1 is 1.41 bits per heavy atom. The van der Waals surface area contributed by atoms with Crippen LogP contribution in [0.2, 0.25) is 0 Å². The first kappa shape index (κ1) is 11.3. The molecule has 17 heavy (non-hydrogen) atoms. The summed E-state index contributed by atoms with van der Waals surface area (Å²) < 4.78 is 0. The van der Waals surface area contributed by atoms with Crippen molar-refractivity contribution in [3.05, 3.63) is 55.0 Å². The van der Waals surface area contributed by atoms with Gasteiger partial charge in [0.15, 0.2) is 0 Å². The standard InChI is InChI=1S/C10H9N3O3S/c14-8-3-6(1-2-11-8)9(15)12-4-7-5-17-10(16)13-7/h1-3,5H,4H2,(H,11,14)(H,12,15)(H,13,16). The molecule has 0 saturated heterocycles. The van der Waals surface area contributed by atoms with Crippen molar-refractivity contribution in [2.75, 3.05) is 0 Å². The third-order valence-corrected chi connectivity index (χ3v) is 2.77. The minimum absolute atomic E-state index is 0.162. The summed E-state index contributed by atoms with van der Waals surface area (Å²) in [6.07, 6.45) is 1.41. The van der Waals surface area contributed by atoms with Crippen LogP contribution in [0, 0.1) is 0 Å². The molecule has 0 fully saturated rings. The van der Waals surface area contributed by atoms with E-state index in [1.807, 2.05) is 0 Å². The second-order valence-corrected chi connectivity index (χ2v) is 4.14. The van der Waals surface area contributed by atoms with Crippen LogP contribution >= 0.6 is 11.3 Å². The Morgan fingerprint density at radius 3 is 2.88 bits per heavy atom. The lowest BCUT2D eigenvalue weighted by molar-refractivity contribution is 0.0950. The molecule has 0 unspecified atom stereocenters. The maximum Gasteiger partial charge on any atom is 0.304 e. The largest absolute Gasteiger partial charge is 0.346 e. The predicted octanol–water partition coefficient (Wildman–Crippen LogP) is 0.0547. The first-order valence-corrected chi connectivity index (χ1v) is 5.67. The molecule has 0 atom stereocenters. The Morgan fingerprint density at radius 2 is 2.24 bits per heavy atom. The lowest BCUT2D eigenvalue weighted by Crippen LogP contribution is -2.24. The maximum atomic E-state index is 11.6. The molecular formula is C10H9N3O3S. The third-order valence-electron chi connectivity index (χ3n) is 2.05. The number of nitrogens with one attached hydrogen (secondary N) is 3. The van der Waals surface area contributed by atoms with Gasteiger partial charge in [0.1, 0.15) is 0 Å². The van der Waals surface area contributed by atoms with Crippen LogP contribution in [0.1, 0.15) is 16.1 Å². The van der Waals surface area contributed by atoms with Crippen LogP contribution in [-0.4, -0.2) is 15.9 Å².